The Morgan fingerprint density at radius 1 is 0.977 bits per heavy atom. The van der Waals surface area contributed by atoms with Crippen molar-refractivity contribution in [2.75, 3.05) is 19.8 Å². The first-order chi connectivity index (χ1) is 21.1. The highest BCUT2D eigenvalue weighted by Crippen LogP contribution is 2.53. The molecule has 0 amide bonds. The van der Waals surface area contributed by atoms with E-state index in [1.54, 1.807) is 12.1 Å². The van der Waals surface area contributed by atoms with Gasteiger partial charge in [-0.15, -0.1) is 0 Å². The summed E-state index contributed by atoms with van der Waals surface area (Å²) >= 11 is 0. The smallest absolute Gasteiger partial charge is 0.303 e. The average Bonchev–Trinajstić information content (AvgIpc) is 3.30. The van der Waals surface area contributed by atoms with Crippen molar-refractivity contribution in [3.05, 3.63) is 96.3 Å². The standard InChI is InChI=1S/C36H45FO6Si/c1-35(2,3)44(28-12-6-4-7-13-28,29-14-8-5-9-15-29)42-24-30-31(22-33(39)40)36(25-38,26-17-19-27(37)20-18-26)23-32(30)43-34-16-10-11-21-41-34/h4-9,12-15,17-20,30-32,34,38H,10-11,16,21-25H2,1-3H3,(H,39,40). The van der Waals surface area contributed by atoms with E-state index in [-0.39, 0.29) is 36.4 Å². The number of ether oxygens (including phenoxy) is 2. The van der Waals surface area contributed by atoms with Crippen molar-refractivity contribution in [3.63, 3.8) is 0 Å². The van der Waals surface area contributed by atoms with Crippen LogP contribution in [0, 0.1) is 17.7 Å². The highest BCUT2D eigenvalue weighted by molar-refractivity contribution is 6.99. The number of hydrogen-bond donors (Lipinski definition) is 2. The molecule has 5 atom stereocenters. The Balaban J connectivity index is 1.61. The summed E-state index contributed by atoms with van der Waals surface area (Å²) in [5, 5.41) is 23.3. The lowest BCUT2D eigenvalue weighted by atomic mass is 9.69. The van der Waals surface area contributed by atoms with Crippen molar-refractivity contribution < 1.29 is 33.3 Å². The summed E-state index contributed by atoms with van der Waals surface area (Å²) < 4.78 is 34.1. The summed E-state index contributed by atoms with van der Waals surface area (Å²) in [4.78, 5) is 12.5. The lowest BCUT2D eigenvalue weighted by Crippen LogP contribution is -2.67. The zero-order valence-electron chi connectivity index (χ0n) is 26.0. The topological polar surface area (TPSA) is 85.2 Å². The minimum absolute atomic E-state index is 0.182. The van der Waals surface area contributed by atoms with Crippen LogP contribution in [0.3, 0.4) is 0 Å². The van der Waals surface area contributed by atoms with Gasteiger partial charge in [-0.25, -0.2) is 4.39 Å². The summed E-state index contributed by atoms with van der Waals surface area (Å²) in [6.45, 7) is 7.19. The van der Waals surface area contributed by atoms with Crippen molar-refractivity contribution in [2.24, 2.45) is 11.8 Å². The van der Waals surface area contributed by atoms with Crippen LogP contribution in [0.1, 0.15) is 58.4 Å². The fraction of sp³-hybridized carbons (Fsp3) is 0.472. The van der Waals surface area contributed by atoms with Gasteiger partial charge in [-0.05, 0) is 64.7 Å². The molecule has 2 aliphatic rings. The summed E-state index contributed by atoms with van der Waals surface area (Å²) in [6.07, 6.45) is 2.07. The summed E-state index contributed by atoms with van der Waals surface area (Å²) in [5.41, 5.74) is -0.246. The molecule has 8 heteroatoms. The molecule has 0 spiro atoms. The molecule has 1 aliphatic carbocycles. The van der Waals surface area contributed by atoms with Crippen LogP contribution in [-0.2, 0) is 24.1 Å². The average molecular weight is 621 g/mol. The van der Waals surface area contributed by atoms with Gasteiger partial charge >= 0.3 is 5.97 Å². The number of aliphatic hydroxyl groups excluding tert-OH is 1. The second kappa shape index (κ2) is 13.6. The van der Waals surface area contributed by atoms with Gasteiger partial charge in [0, 0.05) is 31.0 Å². The van der Waals surface area contributed by atoms with Crippen molar-refractivity contribution >= 4 is 24.7 Å². The Kier molecular flexibility index (Phi) is 10.1. The molecule has 1 aliphatic heterocycles. The minimum Gasteiger partial charge on any atom is -0.481 e. The zero-order chi connectivity index (χ0) is 31.4. The molecule has 3 aromatic carbocycles. The molecule has 1 saturated carbocycles. The fourth-order valence-electron chi connectivity index (χ4n) is 7.62. The molecule has 5 rings (SSSR count). The van der Waals surface area contributed by atoms with Crippen LogP contribution in [0.4, 0.5) is 4.39 Å². The molecule has 6 nitrogen and oxygen atoms in total. The Bertz CT molecular complexity index is 1320. The molecule has 1 saturated heterocycles. The Morgan fingerprint density at radius 2 is 1.59 bits per heavy atom. The van der Waals surface area contributed by atoms with E-state index in [2.05, 4.69) is 45.0 Å². The highest BCUT2D eigenvalue weighted by atomic mass is 28.4. The molecule has 5 unspecified atom stereocenters. The normalized spacial score (nSPS) is 26.0. The quantitative estimate of drug-likeness (QED) is 0.270. The monoisotopic (exact) mass is 620 g/mol. The number of carboxylic acids is 1. The summed E-state index contributed by atoms with van der Waals surface area (Å²) in [7, 11) is -2.96. The predicted molar refractivity (Wildman–Crippen MR) is 171 cm³/mol. The molecule has 2 fully saturated rings. The van der Waals surface area contributed by atoms with Crippen LogP contribution in [0.15, 0.2) is 84.9 Å². The molecule has 0 bridgehead atoms. The molecule has 236 valence electrons. The molecule has 3 aromatic rings. The van der Waals surface area contributed by atoms with Crippen molar-refractivity contribution in [3.8, 4) is 0 Å². The van der Waals surface area contributed by atoms with E-state index in [1.807, 2.05) is 36.4 Å². The number of rotatable bonds is 11. The van der Waals surface area contributed by atoms with E-state index < -0.39 is 38.0 Å². The maximum Gasteiger partial charge on any atom is 0.303 e. The third-order valence-corrected chi connectivity index (χ3v) is 14.7. The first-order valence-corrected chi connectivity index (χ1v) is 17.6. The van der Waals surface area contributed by atoms with Crippen LogP contribution in [0.2, 0.25) is 5.04 Å². The maximum absolute atomic E-state index is 14.0. The number of aliphatic hydroxyl groups is 1. The van der Waals surface area contributed by atoms with Gasteiger partial charge in [-0.3, -0.25) is 4.79 Å². The zero-order valence-corrected chi connectivity index (χ0v) is 27.0. The highest BCUT2D eigenvalue weighted by Gasteiger charge is 2.57. The molecular formula is C36H45FO6Si. The van der Waals surface area contributed by atoms with Crippen LogP contribution in [-0.4, -0.2) is 56.7 Å². The minimum atomic E-state index is -2.96. The van der Waals surface area contributed by atoms with Crippen LogP contribution < -0.4 is 10.4 Å². The van der Waals surface area contributed by atoms with E-state index in [4.69, 9.17) is 13.9 Å². The van der Waals surface area contributed by atoms with Gasteiger partial charge in [0.25, 0.3) is 8.32 Å². The van der Waals surface area contributed by atoms with E-state index >= 15 is 0 Å². The van der Waals surface area contributed by atoms with Gasteiger partial charge in [-0.1, -0.05) is 93.6 Å². The maximum atomic E-state index is 14.0. The third kappa shape index (κ3) is 6.42. The summed E-state index contributed by atoms with van der Waals surface area (Å²) in [6, 6.07) is 26.8. The van der Waals surface area contributed by atoms with Gasteiger partial charge in [0.1, 0.15) is 5.82 Å². The van der Waals surface area contributed by atoms with Gasteiger partial charge < -0.3 is 24.1 Å². The largest absolute Gasteiger partial charge is 0.481 e. The van der Waals surface area contributed by atoms with E-state index in [9.17, 15) is 19.4 Å². The van der Waals surface area contributed by atoms with Crippen molar-refractivity contribution in [1.82, 2.24) is 0 Å². The molecule has 44 heavy (non-hydrogen) atoms. The Morgan fingerprint density at radius 3 is 2.09 bits per heavy atom. The first-order valence-electron chi connectivity index (χ1n) is 15.7. The Hall–Kier alpha value is -2.88. The number of carboxylic acid groups (broad SMARTS) is 1. The lowest BCUT2D eigenvalue weighted by Gasteiger charge is -2.44. The third-order valence-electron chi connectivity index (χ3n) is 9.74. The van der Waals surface area contributed by atoms with Gasteiger partial charge in [0.15, 0.2) is 6.29 Å². The second-order valence-corrected chi connectivity index (χ2v) is 17.6. The fourth-order valence-corrected chi connectivity index (χ4v) is 12.2. The Labute approximate surface area is 261 Å². The SMILES string of the molecule is CC(C)(C)[Si](OCC1C(OC2CCCCO2)CC(CO)(c2ccc(F)cc2)C1CC(=O)O)(c1ccccc1)c1ccccc1. The molecule has 0 radical (unpaired) electrons. The predicted octanol–water partition coefficient (Wildman–Crippen LogP) is 5.66. The van der Waals surface area contributed by atoms with Crippen LogP contribution in [0.5, 0.6) is 0 Å². The first kappa shape index (κ1) is 32.5. The van der Waals surface area contributed by atoms with Gasteiger partial charge in [-0.2, -0.15) is 0 Å². The number of benzene rings is 3. The number of hydrogen-bond acceptors (Lipinski definition) is 5. The van der Waals surface area contributed by atoms with Crippen LogP contribution >= 0.6 is 0 Å². The lowest BCUT2D eigenvalue weighted by molar-refractivity contribution is -0.198. The van der Waals surface area contributed by atoms with E-state index in [1.165, 1.54) is 12.1 Å². The molecular weight excluding hydrogens is 575 g/mol. The van der Waals surface area contributed by atoms with Gasteiger partial charge in [0.05, 0.1) is 12.7 Å². The molecule has 0 aromatic heterocycles. The van der Waals surface area contributed by atoms with Gasteiger partial charge in [0.2, 0.25) is 0 Å². The number of halogens is 1. The summed E-state index contributed by atoms with van der Waals surface area (Å²) in [5.74, 6) is -2.23. The molecule has 1 heterocycles. The van der Waals surface area contributed by atoms with Crippen molar-refractivity contribution in [2.45, 2.75) is 75.7 Å². The second-order valence-electron chi connectivity index (χ2n) is 13.3. The number of aliphatic carboxylic acids is 1. The van der Waals surface area contributed by atoms with E-state index in [0.29, 0.717) is 18.6 Å². The molecule has 2 N–H and O–H groups in total. The van der Waals surface area contributed by atoms with E-state index in [0.717, 1.165) is 29.6 Å². The van der Waals surface area contributed by atoms with Crippen LogP contribution in [0.25, 0.3) is 0 Å². The van der Waals surface area contributed by atoms with Crippen molar-refractivity contribution in [1.29, 1.82) is 0 Å². The number of carbonyl (C=O) groups is 1.